The van der Waals surface area contributed by atoms with E-state index in [1.807, 2.05) is 37.3 Å². The first kappa shape index (κ1) is 17.3. The van der Waals surface area contributed by atoms with Crippen molar-refractivity contribution in [2.45, 2.75) is 13.8 Å². The van der Waals surface area contributed by atoms with Crippen molar-refractivity contribution < 1.29 is 4.79 Å². The molecule has 0 fully saturated rings. The van der Waals surface area contributed by atoms with Crippen LogP contribution in [-0.4, -0.2) is 15.9 Å². The van der Waals surface area contributed by atoms with E-state index in [1.54, 1.807) is 24.3 Å². The Kier molecular flexibility index (Phi) is 4.42. The molecule has 0 atom stereocenters. The molecule has 134 valence electrons. The standard InChI is InChI=1S/C22H18ClN3O/c1-13-3-10-18-20(11-13)25-21(24-18)15-5-7-16(8-6-15)22(27)26-19-12-17(23)9-4-14(19)2/h3-12H,1-2H3,(H,24,25)(H,26,27). The minimum absolute atomic E-state index is 0.174. The van der Waals surface area contributed by atoms with Gasteiger partial charge in [0.25, 0.3) is 5.91 Å². The maximum Gasteiger partial charge on any atom is 0.255 e. The predicted octanol–water partition coefficient (Wildman–Crippen LogP) is 5.75. The Morgan fingerprint density at radius 3 is 2.56 bits per heavy atom. The van der Waals surface area contributed by atoms with Crippen LogP contribution >= 0.6 is 11.6 Å². The Balaban J connectivity index is 1.57. The Labute approximate surface area is 162 Å². The monoisotopic (exact) mass is 375 g/mol. The fourth-order valence-corrected chi connectivity index (χ4v) is 3.14. The summed E-state index contributed by atoms with van der Waals surface area (Å²) < 4.78 is 0. The Bertz CT molecular complexity index is 1150. The van der Waals surface area contributed by atoms with Gasteiger partial charge in [-0.05, 0) is 61.4 Å². The predicted molar refractivity (Wildman–Crippen MR) is 110 cm³/mol. The number of halogens is 1. The van der Waals surface area contributed by atoms with Crippen molar-refractivity contribution in [2.75, 3.05) is 5.32 Å². The third kappa shape index (κ3) is 3.57. The molecular formula is C22H18ClN3O. The van der Waals surface area contributed by atoms with Gasteiger partial charge in [-0.25, -0.2) is 4.98 Å². The van der Waals surface area contributed by atoms with Gasteiger partial charge in [0.05, 0.1) is 11.0 Å². The van der Waals surface area contributed by atoms with Gasteiger partial charge in [0.15, 0.2) is 0 Å². The second kappa shape index (κ2) is 6.89. The summed E-state index contributed by atoms with van der Waals surface area (Å²) >= 11 is 6.02. The van der Waals surface area contributed by atoms with Crippen molar-refractivity contribution in [1.29, 1.82) is 0 Å². The summed E-state index contributed by atoms with van der Waals surface area (Å²) in [5.41, 5.74) is 6.29. The second-order valence-corrected chi connectivity index (χ2v) is 7.03. The summed E-state index contributed by atoms with van der Waals surface area (Å²) in [6.45, 7) is 3.98. The van der Waals surface area contributed by atoms with Crippen LogP contribution in [0.1, 0.15) is 21.5 Å². The van der Waals surface area contributed by atoms with E-state index < -0.39 is 0 Å². The molecule has 3 aromatic carbocycles. The summed E-state index contributed by atoms with van der Waals surface area (Å²) in [5, 5.41) is 3.50. The van der Waals surface area contributed by atoms with Gasteiger partial charge in [-0.3, -0.25) is 4.79 Å². The van der Waals surface area contributed by atoms with E-state index in [0.717, 1.165) is 28.0 Å². The van der Waals surface area contributed by atoms with Crippen molar-refractivity contribution in [1.82, 2.24) is 9.97 Å². The van der Waals surface area contributed by atoms with Crippen LogP contribution in [0.25, 0.3) is 22.4 Å². The van der Waals surface area contributed by atoms with Crippen molar-refractivity contribution in [3.05, 3.63) is 82.4 Å². The van der Waals surface area contributed by atoms with Crippen molar-refractivity contribution in [3.8, 4) is 11.4 Å². The summed E-state index contributed by atoms with van der Waals surface area (Å²) in [4.78, 5) is 20.5. The van der Waals surface area contributed by atoms with Crippen LogP contribution in [0, 0.1) is 13.8 Å². The normalized spacial score (nSPS) is 10.9. The van der Waals surface area contributed by atoms with Crippen molar-refractivity contribution in [2.24, 2.45) is 0 Å². The zero-order valence-corrected chi connectivity index (χ0v) is 15.8. The molecule has 0 aliphatic rings. The molecule has 4 aromatic rings. The molecule has 0 radical (unpaired) electrons. The number of carbonyl (C=O) groups excluding carboxylic acids is 1. The van der Waals surface area contributed by atoms with Gasteiger partial charge in [0.2, 0.25) is 0 Å². The molecule has 0 saturated carbocycles. The molecule has 0 saturated heterocycles. The van der Waals surface area contributed by atoms with Crippen LogP contribution in [0.2, 0.25) is 5.02 Å². The number of benzene rings is 3. The number of carbonyl (C=O) groups is 1. The van der Waals surface area contributed by atoms with E-state index in [9.17, 15) is 4.79 Å². The number of nitrogens with one attached hydrogen (secondary N) is 2. The molecule has 4 rings (SSSR count). The fraction of sp³-hybridized carbons (Fsp3) is 0.0909. The zero-order chi connectivity index (χ0) is 19.0. The van der Waals surface area contributed by atoms with Gasteiger partial charge in [-0.15, -0.1) is 0 Å². The topological polar surface area (TPSA) is 57.8 Å². The first-order valence-electron chi connectivity index (χ1n) is 8.64. The summed E-state index contributed by atoms with van der Waals surface area (Å²) in [5.74, 6) is 0.611. The molecule has 0 bridgehead atoms. The molecule has 2 N–H and O–H groups in total. The number of aryl methyl sites for hydroxylation is 2. The highest BCUT2D eigenvalue weighted by Gasteiger charge is 2.10. The Morgan fingerprint density at radius 1 is 1.00 bits per heavy atom. The number of fused-ring (bicyclic) bond motifs is 1. The van der Waals surface area contributed by atoms with E-state index >= 15 is 0 Å². The number of rotatable bonds is 3. The van der Waals surface area contributed by atoms with Crippen LogP contribution in [-0.2, 0) is 0 Å². The van der Waals surface area contributed by atoms with Crippen LogP contribution in [0.4, 0.5) is 5.69 Å². The minimum atomic E-state index is -0.174. The smallest absolute Gasteiger partial charge is 0.255 e. The average molecular weight is 376 g/mol. The molecular weight excluding hydrogens is 358 g/mol. The van der Waals surface area contributed by atoms with Crippen LogP contribution in [0.15, 0.2) is 60.7 Å². The number of hydrogen-bond acceptors (Lipinski definition) is 2. The van der Waals surface area contributed by atoms with Gasteiger partial charge in [-0.2, -0.15) is 0 Å². The fourth-order valence-electron chi connectivity index (χ4n) is 2.96. The number of aromatic amines is 1. The van der Waals surface area contributed by atoms with Crippen LogP contribution < -0.4 is 5.32 Å². The number of hydrogen-bond donors (Lipinski definition) is 2. The zero-order valence-electron chi connectivity index (χ0n) is 15.0. The quantitative estimate of drug-likeness (QED) is 0.478. The Hall–Kier alpha value is -3.11. The van der Waals surface area contributed by atoms with Gasteiger partial charge in [0, 0.05) is 21.8 Å². The molecule has 4 nitrogen and oxygen atoms in total. The third-order valence-electron chi connectivity index (χ3n) is 4.51. The van der Waals surface area contributed by atoms with E-state index in [4.69, 9.17) is 11.6 Å². The lowest BCUT2D eigenvalue weighted by molar-refractivity contribution is 0.102. The van der Waals surface area contributed by atoms with E-state index in [1.165, 1.54) is 5.56 Å². The van der Waals surface area contributed by atoms with Gasteiger partial charge in [-0.1, -0.05) is 35.9 Å². The number of aromatic nitrogens is 2. The average Bonchev–Trinajstić information content (AvgIpc) is 3.08. The van der Waals surface area contributed by atoms with Gasteiger partial charge >= 0.3 is 0 Å². The lowest BCUT2D eigenvalue weighted by Crippen LogP contribution is -2.12. The summed E-state index contributed by atoms with van der Waals surface area (Å²) in [6.07, 6.45) is 0. The Morgan fingerprint density at radius 2 is 1.78 bits per heavy atom. The lowest BCUT2D eigenvalue weighted by atomic mass is 10.1. The largest absolute Gasteiger partial charge is 0.338 e. The second-order valence-electron chi connectivity index (χ2n) is 6.60. The first-order valence-corrected chi connectivity index (χ1v) is 9.02. The van der Waals surface area contributed by atoms with E-state index in [0.29, 0.717) is 16.3 Å². The van der Waals surface area contributed by atoms with Crippen molar-refractivity contribution >= 4 is 34.2 Å². The maximum atomic E-state index is 12.5. The molecule has 0 aliphatic carbocycles. The number of nitrogens with zero attached hydrogens (tertiary/aromatic N) is 1. The van der Waals surface area contributed by atoms with E-state index in [2.05, 4.69) is 28.3 Å². The molecule has 27 heavy (non-hydrogen) atoms. The highest BCUT2D eigenvalue weighted by molar-refractivity contribution is 6.31. The van der Waals surface area contributed by atoms with Crippen LogP contribution in [0.3, 0.4) is 0 Å². The third-order valence-corrected chi connectivity index (χ3v) is 4.74. The molecule has 1 heterocycles. The van der Waals surface area contributed by atoms with E-state index in [-0.39, 0.29) is 5.91 Å². The van der Waals surface area contributed by atoms with Crippen molar-refractivity contribution in [3.63, 3.8) is 0 Å². The molecule has 0 aliphatic heterocycles. The highest BCUT2D eigenvalue weighted by atomic mass is 35.5. The number of amides is 1. The maximum absolute atomic E-state index is 12.5. The SMILES string of the molecule is Cc1ccc2nc(-c3ccc(C(=O)Nc4cc(Cl)ccc4C)cc3)[nH]c2c1. The number of anilines is 1. The molecule has 5 heteroatoms. The first-order chi connectivity index (χ1) is 13.0. The minimum Gasteiger partial charge on any atom is -0.338 e. The number of H-pyrrole nitrogens is 1. The molecule has 1 amide bonds. The summed E-state index contributed by atoms with van der Waals surface area (Å²) in [7, 11) is 0. The summed E-state index contributed by atoms with van der Waals surface area (Å²) in [6, 6.07) is 18.9. The molecule has 0 unspecified atom stereocenters. The van der Waals surface area contributed by atoms with Crippen LogP contribution in [0.5, 0.6) is 0 Å². The molecule has 1 aromatic heterocycles. The highest BCUT2D eigenvalue weighted by Crippen LogP contribution is 2.23. The van der Waals surface area contributed by atoms with Gasteiger partial charge < -0.3 is 10.3 Å². The van der Waals surface area contributed by atoms with Gasteiger partial charge in [0.1, 0.15) is 5.82 Å². The number of imidazole rings is 1. The molecule has 0 spiro atoms. The lowest BCUT2D eigenvalue weighted by Gasteiger charge is -2.09.